The second-order valence-electron chi connectivity index (χ2n) is 11.3. The minimum Gasteiger partial charge on any atom is -0.469 e. The van der Waals surface area contributed by atoms with E-state index in [1.165, 1.54) is 6.33 Å². The first-order valence-electron chi connectivity index (χ1n) is 15.0. The molecule has 50 heavy (non-hydrogen) atoms. The van der Waals surface area contributed by atoms with E-state index in [-0.39, 0.29) is 18.9 Å². The Hall–Kier alpha value is -5.60. The number of nitrogens with zero attached hydrogens (tertiary/aromatic N) is 5. The number of esters is 2. The van der Waals surface area contributed by atoms with Gasteiger partial charge >= 0.3 is 24.3 Å². The molecule has 15 heteroatoms. The van der Waals surface area contributed by atoms with Crippen LogP contribution in [-0.2, 0) is 43.4 Å². The second-order valence-corrected chi connectivity index (χ2v) is 11.3. The van der Waals surface area contributed by atoms with Crippen molar-refractivity contribution < 1.29 is 45.4 Å². The minimum absolute atomic E-state index is 0.00672. The molecule has 0 bridgehead atoms. The average molecular weight is 698 g/mol. The van der Waals surface area contributed by atoms with E-state index in [2.05, 4.69) is 19.9 Å². The summed E-state index contributed by atoms with van der Waals surface area (Å²) in [6, 6.07) is 17.2. The van der Waals surface area contributed by atoms with E-state index in [1.54, 1.807) is 30.6 Å². The van der Waals surface area contributed by atoms with E-state index in [9.17, 15) is 35.9 Å². The van der Waals surface area contributed by atoms with E-state index in [0.29, 0.717) is 46.7 Å². The molecule has 0 N–H and O–H groups in total. The van der Waals surface area contributed by atoms with E-state index in [4.69, 9.17) is 9.47 Å². The van der Waals surface area contributed by atoms with Crippen LogP contribution in [0.3, 0.4) is 0 Å². The molecule has 0 saturated carbocycles. The largest absolute Gasteiger partial charge is 0.469 e. The molecule has 2 heterocycles. The van der Waals surface area contributed by atoms with Crippen molar-refractivity contribution in [3.05, 3.63) is 113 Å². The van der Waals surface area contributed by atoms with Gasteiger partial charge in [0, 0.05) is 18.2 Å². The van der Waals surface area contributed by atoms with Crippen LogP contribution in [0.1, 0.15) is 40.7 Å². The summed E-state index contributed by atoms with van der Waals surface area (Å²) >= 11 is 0. The SMILES string of the molecule is COC(=O)CCC(CN=Cc1cc(C(F)(F)F)cc(C(F)(F)F)c1)(C(=O)OC)c1cccc(-c2ncnc3c2ncn3Cc2ccccc2)c1. The molecule has 0 spiro atoms. The third kappa shape index (κ3) is 7.82. The van der Waals surface area contributed by atoms with E-state index < -0.39 is 52.9 Å². The van der Waals surface area contributed by atoms with Gasteiger partial charge in [0.1, 0.15) is 23.0 Å². The fourth-order valence-electron chi connectivity index (χ4n) is 5.52. The lowest BCUT2D eigenvalue weighted by molar-refractivity contribution is -0.149. The van der Waals surface area contributed by atoms with E-state index in [1.807, 2.05) is 34.9 Å². The van der Waals surface area contributed by atoms with Crippen LogP contribution in [-0.4, -0.2) is 58.4 Å². The van der Waals surface area contributed by atoms with Crippen LogP contribution in [0.4, 0.5) is 26.3 Å². The Kier molecular flexibility index (Phi) is 10.3. The van der Waals surface area contributed by atoms with Crippen molar-refractivity contribution in [2.24, 2.45) is 4.99 Å². The number of methoxy groups -OCH3 is 2. The summed E-state index contributed by atoms with van der Waals surface area (Å²) in [4.78, 5) is 43.4. The molecule has 5 rings (SSSR count). The van der Waals surface area contributed by atoms with Gasteiger partial charge in [-0.25, -0.2) is 15.0 Å². The summed E-state index contributed by atoms with van der Waals surface area (Å²) < 4.78 is 92.6. The Morgan fingerprint density at radius 1 is 0.820 bits per heavy atom. The van der Waals surface area contributed by atoms with Crippen LogP contribution >= 0.6 is 0 Å². The highest BCUT2D eigenvalue weighted by Crippen LogP contribution is 2.37. The minimum atomic E-state index is -5.07. The number of ether oxygens (including phenoxy) is 2. The summed E-state index contributed by atoms with van der Waals surface area (Å²) in [5.74, 6) is -1.52. The molecular weight excluding hydrogens is 668 g/mol. The zero-order valence-corrected chi connectivity index (χ0v) is 26.6. The lowest BCUT2D eigenvalue weighted by Gasteiger charge is -2.30. The summed E-state index contributed by atoms with van der Waals surface area (Å²) in [5.41, 5.74) is -2.04. The number of fused-ring (bicyclic) bond motifs is 1. The number of carbonyl (C=O) groups excluding carboxylic acids is 2. The first-order valence-corrected chi connectivity index (χ1v) is 15.0. The van der Waals surface area contributed by atoms with Gasteiger partial charge in [0.25, 0.3) is 0 Å². The van der Waals surface area contributed by atoms with Gasteiger partial charge in [-0.15, -0.1) is 0 Å². The van der Waals surface area contributed by atoms with Gasteiger partial charge in [-0.1, -0.05) is 48.5 Å². The van der Waals surface area contributed by atoms with E-state index >= 15 is 0 Å². The third-order valence-corrected chi connectivity index (χ3v) is 8.06. The molecule has 0 aliphatic heterocycles. The van der Waals surface area contributed by atoms with Crippen LogP contribution in [0.5, 0.6) is 0 Å². The third-order valence-electron chi connectivity index (χ3n) is 8.06. The van der Waals surface area contributed by atoms with Crippen molar-refractivity contribution >= 4 is 29.3 Å². The topological polar surface area (TPSA) is 109 Å². The van der Waals surface area contributed by atoms with Gasteiger partial charge < -0.3 is 14.0 Å². The molecule has 2 aromatic heterocycles. The highest BCUT2D eigenvalue weighted by Gasteiger charge is 2.42. The maximum absolute atomic E-state index is 13.6. The Morgan fingerprint density at radius 3 is 2.16 bits per heavy atom. The zero-order chi connectivity index (χ0) is 36.1. The number of hydrogen-bond donors (Lipinski definition) is 0. The summed E-state index contributed by atoms with van der Waals surface area (Å²) in [6.07, 6.45) is -6.84. The predicted molar refractivity (Wildman–Crippen MR) is 170 cm³/mol. The number of benzene rings is 3. The van der Waals surface area contributed by atoms with Gasteiger partial charge in [0.05, 0.1) is 44.8 Å². The molecule has 3 aromatic carbocycles. The monoisotopic (exact) mass is 697 g/mol. The van der Waals surface area contributed by atoms with Crippen molar-refractivity contribution in [2.45, 2.75) is 37.2 Å². The average Bonchev–Trinajstić information content (AvgIpc) is 3.51. The normalized spacial score (nSPS) is 13.4. The maximum Gasteiger partial charge on any atom is 0.416 e. The fourth-order valence-corrected chi connectivity index (χ4v) is 5.52. The number of hydrogen-bond acceptors (Lipinski definition) is 8. The van der Waals surface area contributed by atoms with Crippen molar-refractivity contribution in [3.8, 4) is 11.3 Å². The van der Waals surface area contributed by atoms with Crippen molar-refractivity contribution in [2.75, 3.05) is 20.8 Å². The quantitative estimate of drug-likeness (QED) is 0.0826. The molecule has 9 nitrogen and oxygen atoms in total. The molecule has 1 unspecified atom stereocenters. The van der Waals surface area contributed by atoms with Gasteiger partial charge in [-0.2, -0.15) is 26.3 Å². The second kappa shape index (κ2) is 14.5. The maximum atomic E-state index is 13.6. The predicted octanol–water partition coefficient (Wildman–Crippen LogP) is 7.06. The summed E-state index contributed by atoms with van der Waals surface area (Å²) in [6.45, 7) is -0.0240. The lowest BCUT2D eigenvalue weighted by Crippen LogP contribution is -2.41. The number of aliphatic imine (C=N–C) groups is 1. The summed E-state index contributed by atoms with van der Waals surface area (Å²) in [7, 11) is 2.27. The van der Waals surface area contributed by atoms with Gasteiger partial charge in [-0.05, 0) is 47.4 Å². The number of carbonyl (C=O) groups is 2. The molecular formula is C35H29F6N5O4. The van der Waals surface area contributed by atoms with Gasteiger partial charge in [0.15, 0.2) is 5.65 Å². The number of rotatable bonds is 11. The molecule has 0 amide bonds. The van der Waals surface area contributed by atoms with Crippen LogP contribution < -0.4 is 0 Å². The Bertz CT molecular complexity index is 2000. The molecule has 0 aliphatic carbocycles. The number of imidazole rings is 1. The first kappa shape index (κ1) is 35.7. The van der Waals surface area contributed by atoms with Crippen LogP contribution in [0.25, 0.3) is 22.4 Å². The molecule has 0 radical (unpaired) electrons. The van der Waals surface area contributed by atoms with Crippen molar-refractivity contribution in [1.82, 2.24) is 19.5 Å². The summed E-state index contributed by atoms with van der Waals surface area (Å²) in [5, 5.41) is 0. The highest BCUT2D eigenvalue weighted by atomic mass is 19.4. The molecule has 0 saturated heterocycles. The highest BCUT2D eigenvalue weighted by molar-refractivity contribution is 5.89. The molecule has 0 fully saturated rings. The van der Waals surface area contributed by atoms with E-state index in [0.717, 1.165) is 26.0 Å². The van der Waals surface area contributed by atoms with Crippen LogP contribution in [0, 0.1) is 0 Å². The molecule has 0 aliphatic rings. The van der Waals surface area contributed by atoms with Gasteiger partial charge in [0.2, 0.25) is 0 Å². The standard InChI is InChI=1S/C35H29F6N5O4/c1-49-28(47)11-12-33(32(48)50-2,19-42-17-23-13-26(34(36,37)38)16-27(14-23)35(39,40)41)25-10-6-9-24(15-25)29-30-31(44-20-43-29)46(21-45-30)18-22-7-4-3-5-8-22/h3-10,13-17,20-21H,11-12,18-19H2,1-2H3. The number of alkyl halides is 6. The van der Waals surface area contributed by atoms with Crippen molar-refractivity contribution in [3.63, 3.8) is 0 Å². The number of aromatic nitrogens is 4. The zero-order valence-electron chi connectivity index (χ0n) is 26.6. The lowest BCUT2D eigenvalue weighted by atomic mass is 9.75. The Balaban J connectivity index is 1.57. The van der Waals surface area contributed by atoms with Crippen molar-refractivity contribution in [1.29, 1.82) is 0 Å². The van der Waals surface area contributed by atoms with Crippen LogP contribution in [0.2, 0.25) is 0 Å². The first-order chi connectivity index (χ1) is 23.7. The Labute approximate surface area is 281 Å². The Morgan fingerprint density at radius 2 is 1.52 bits per heavy atom. The molecule has 1 atom stereocenters. The fraction of sp³-hybridized carbons (Fsp3) is 0.257. The van der Waals surface area contributed by atoms with Gasteiger partial charge in [-0.3, -0.25) is 14.6 Å². The molecule has 260 valence electrons. The smallest absolute Gasteiger partial charge is 0.416 e. The molecule has 5 aromatic rings. The number of halogens is 6. The van der Waals surface area contributed by atoms with Crippen LogP contribution in [0.15, 0.2) is 90.4 Å².